The van der Waals surface area contributed by atoms with Gasteiger partial charge in [0.2, 0.25) is 0 Å². The molecule has 1 aliphatic rings. The maximum Gasteiger partial charge on any atom is 0.129 e. The van der Waals surface area contributed by atoms with Crippen molar-refractivity contribution in [2.75, 3.05) is 6.61 Å². The molecule has 0 N–H and O–H groups in total. The van der Waals surface area contributed by atoms with Crippen LogP contribution in [0.4, 0.5) is 4.39 Å². The van der Waals surface area contributed by atoms with Crippen LogP contribution in [0.2, 0.25) is 0 Å². The van der Waals surface area contributed by atoms with Crippen LogP contribution in [-0.4, -0.2) is 6.61 Å². The van der Waals surface area contributed by atoms with Crippen molar-refractivity contribution in [3.05, 3.63) is 64.0 Å². The van der Waals surface area contributed by atoms with E-state index in [2.05, 4.69) is 28.1 Å². The molecule has 0 saturated carbocycles. The summed E-state index contributed by atoms with van der Waals surface area (Å²) in [4.78, 5) is 0.0754. The van der Waals surface area contributed by atoms with Crippen LogP contribution in [-0.2, 0) is 6.42 Å². The van der Waals surface area contributed by atoms with Gasteiger partial charge in [0.05, 0.1) is 11.4 Å². The van der Waals surface area contributed by atoms with Gasteiger partial charge in [-0.2, -0.15) is 0 Å². The number of hydrogen-bond donors (Lipinski definition) is 0. The highest BCUT2D eigenvalue weighted by Crippen LogP contribution is 2.36. The second kappa shape index (κ2) is 5.21. The molecule has 20 heavy (non-hydrogen) atoms. The number of ether oxygens (including phenoxy) is 1. The van der Waals surface area contributed by atoms with Crippen molar-refractivity contribution in [1.29, 1.82) is 0 Å². The van der Waals surface area contributed by atoms with E-state index in [0.29, 0.717) is 11.1 Å². The van der Waals surface area contributed by atoms with E-state index in [-0.39, 0.29) is 10.6 Å². The molecule has 1 aliphatic heterocycles. The fraction of sp³-hybridized carbons (Fsp3) is 0.294. The van der Waals surface area contributed by atoms with Crippen LogP contribution in [0.5, 0.6) is 5.75 Å². The predicted molar refractivity (Wildman–Crippen MR) is 82.3 cm³/mol. The van der Waals surface area contributed by atoms with Crippen molar-refractivity contribution >= 4 is 15.9 Å². The Hall–Kier alpha value is -1.35. The minimum absolute atomic E-state index is 0.0754. The van der Waals surface area contributed by atoms with Crippen LogP contribution in [0, 0.1) is 19.7 Å². The number of alkyl halides is 1. The van der Waals surface area contributed by atoms with E-state index in [4.69, 9.17) is 4.74 Å². The zero-order valence-electron chi connectivity index (χ0n) is 11.5. The molecule has 2 aromatic carbocycles. The molecule has 0 amide bonds. The zero-order valence-corrected chi connectivity index (χ0v) is 13.1. The quantitative estimate of drug-likeness (QED) is 0.712. The summed E-state index contributed by atoms with van der Waals surface area (Å²) in [6, 6.07) is 10.1. The lowest BCUT2D eigenvalue weighted by Gasteiger charge is -2.14. The summed E-state index contributed by atoms with van der Waals surface area (Å²) >= 11 is 3.73. The molecule has 104 valence electrons. The third kappa shape index (κ3) is 2.35. The number of aryl methyl sites for hydroxylation is 2. The normalized spacial score (nSPS) is 14.8. The average molecular weight is 335 g/mol. The summed E-state index contributed by atoms with van der Waals surface area (Å²) in [5, 5.41) is 0. The highest BCUT2D eigenvalue weighted by Gasteiger charge is 2.17. The van der Waals surface area contributed by atoms with Crippen molar-refractivity contribution in [1.82, 2.24) is 0 Å². The van der Waals surface area contributed by atoms with E-state index in [9.17, 15) is 4.39 Å². The van der Waals surface area contributed by atoms with Crippen molar-refractivity contribution in [2.45, 2.75) is 25.1 Å². The summed E-state index contributed by atoms with van der Waals surface area (Å²) < 4.78 is 19.3. The number of rotatable bonds is 2. The second-order valence-corrected chi connectivity index (χ2v) is 6.21. The number of hydrogen-bond acceptors (Lipinski definition) is 1. The minimum Gasteiger partial charge on any atom is -0.493 e. The molecule has 2 aromatic rings. The number of fused-ring (bicyclic) bond motifs is 1. The van der Waals surface area contributed by atoms with E-state index in [1.807, 2.05) is 32.0 Å². The van der Waals surface area contributed by atoms with Crippen molar-refractivity contribution in [2.24, 2.45) is 0 Å². The van der Waals surface area contributed by atoms with Crippen LogP contribution in [0.3, 0.4) is 0 Å². The molecule has 0 saturated heterocycles. The molecule has 0 radical (unpaired) electrons. The Morgan fingerprint density at radius 1 is 1.10 bits per heavy atom. The van der Waals surface area contributed by atoms with Gasteiger partial charge in [0, 0.05) is 6.42 Å². The number of benzene rings is 2. The molecule has 0 bridgehead atoms. The molecular weight excluding hydrogens is 319 g/mol. The summed E-state index contributed by atoms with van der Waals surface area (Å²) in [6.07, 6.45) is 0.963. The van der Waals surface area contributed by atoms with Gasteiger partial charge in [0.25, 0.3) is 0 Å². The van der Waals surface area contributed by atoms with Gasteiger partial charge in [0.15, 0.2) is 0 Å². The second-order valence-electron chi connectivity index (χ2n) is 5.30. The molecule has 0 fully saturated rings. The van der Waals surface area contributed by atoms with E-state index in [1.165, 1.54) is 11.1 Å². The van der Waals surface area contributed by atoms with Crippen LogP contribution < -0.4 is 4.74 Å². The molecule has 3 heteroatoms. The molecular formula is C17H16BrFO. The lowest BCUT2D eigenvalue weighted by atomic mass is 9.98. The van der Waals surface area contributed by atoms with Gasteiger partial charge in [-0.25, -0.2) is 4.39 Å². The minimum atomic E-state index is -0.115. The SMILES string of the molecule is Cc1cc(C(Br)c2ccc3c(c2)CCO3)cc(C)c1F. The molecule has 1 heterocycles. The van der Waals surface area contributed by atoms with Gasteiger partial charge in [-0.15, -0.1) is 0 Å². The highest BCUT2D eigenvalue weighted by atomic mass is 79.9. The van der Waals surface area contributed by atoms with E-state index in [1.54, 1.807) is 0 Å². The Labute approximate surface area is 126 Å². The van der Waals surface area contributed by atoms with Crippen LogP contribution >= 0.6 is 15.9 Å². The smallest absolute Gasteiger partial charge is 0.129 e. The fourth-order valence-corrected chi connectivity index (χ4v) is 3.23. The Balaban J connectivity index is 1.98. The first kappa shape index (κ1) is 13.6. The maximum absolute atomic E-state index is 13.7. The summed E-state index contributed by atoms with van der Waals surface area (Å²) in [5.74, 6) is 0.871. The largest absolute Gasteiger partial charge is 0.493 e. The Morgan fingerprint density at radius 3 is 2.50 bits per heavy atom. The van der Waals surface area contributed by atoms with Crippen LogP contribution in [0.25, 0.3) is 0 Å². The van der Waals surface area contributed by atoms with Crippen LogP contribution in [0.1, 0.15) is 32.6 Å². The van der Waals surface area contributed by atoms with Crippen LogP contribution in [0.15, 0.2) is 30.3 Å². The summed E-state index contributed by atoms with van der Waals surface area (Å²) in [6.45, 7) is 4.38. The van der Waals surface area contributed by atoms with Gasteiger partial charge < -0.3 is 4.74 Å². The molecule has 1 unspecified atom stereocenters. The van der Waals surface area contributed by atoms with Gasteiger partial charge in [-0.05, 0) is 47.7 Å². The topological polar surface area (TPSA) is 9.23 Å². The molecule has 0 aliphatic carbocycles. The van der Waals surface area contributed by atoms with Gasteiger partial charge in [0.1, 0.15) is 11.6 Å². The molecule has 3 rings (SSSR count). The maximum atomic E-state index is 13.7. The molecule has 1 atom stereocenters. The van der Waals surface area contributed by atoms with Crippen molar-refractivity contribution in [3.63, 3.8) is 0 Å². The zero-order chi connectivity index (χ0) is 14.3. The fourth-order valence-electron chi connectivity index (χ4n) is 2.68. The number of halogens is 2. The Bertz CT molecular complexity index is 643. The van der Waals surface area contributed by atoms with Gasteiger partial charge in [-0.3, -0.25) is 0 Å². The lowest BCUT2D eigenvalue weighted by molar-refractivity contribution is 0.357. The van der Waals surface area contributed by atoms with Gasteiger partial charge >= 0.3 is 0 Å². The van der Waals surface area contributed by atoms with Gasteiger partial charge in [-0.1, -0.05) is 40.2 Å². The highest BCUT2D eigenvalue weighted by molar-refractivity contribution is 9.09. The van der Waals surface area contributed by atoms with E-state index >= 15 is 0 Å². The average Bonchev–Trinajstić information content (AvgIpc) is 2.90. The Kier molecular flexibility index (Phi) is 3.55. The first-order valence-electron chi connectivity index (χ1n) is 6.72. The first-order chi connectivity index (χ1) is 9.56. The van der Waals surface area contributed by atoms with E-state index < -0.39 is 0 Å². The lowest BCUT2D eigenvalue weighted by Crippen LogP contribution is -1.98. The molecule has 0 spiro atoms. The standard InChI is InChI=1S/C17H16BrFO/c1-10-7-14(8-11(2)17(10)19)16(18)13-3-4-15-12(9-13)5-6-20-15/h3-4,7-9,16H,5-6H2,1-2H3. The third-order valence-electron chi connectivity index (χ3n) is 3.76. The van der Waals surface area contributed by atoms with E-state index in [0.717, 1.165) is 24.3 Å². The summed E-state index contributed by atoms with van der Waals surface area (Å²) in [5.41, 5.74) is 4.89. The summed E-state index contributed by atoms with van der Waals surface area (Å²) in [7, 11) is 0. The van der Waals surface area contributed by atoms with Crippen molar-refractivity contribution in [3.8, 4) is 5.75 Å². The predicted octanol–water partition coefficient (Wildman–Crippen LogP) is 4.86. The monoisotopic (exact) mass is 334 g/mol. The van der Waals surface area contributed by atoms with Crippen molar-refractivity contribution < 1.29 is 9.13 Å². The molecule has 0 aromatic heterocycles. The first-order valence-corrected chi connectivity index (χ1v) is 7.64. The molecule has 1 nitrogen and oxygen atoms in total. The third-order valence-corrected chi connectivity index (χ3v) is 4.81. The Morgan fingerprint density at radius 2 is 1.80 bits per heavy atom.